The highest BCUT2D eigenvalue weighted by Crippen LogP contribution is 2.56. The molecule has 1 heterocycles. The molecule has 20 heteroatoms. The van der Waals surface area contributed by atoms with Gasteiger partial charge in [0.15, 0.2) is 26.4 Å². The van der Waals surface area contributed by atoms with Gasteiger partial charge in [-0.25, -0.2) is 0 Å². The van der Waals surface area contributed by atoms with Crippen molar-refractivity contribution in [1.29, 1.82) is 0 Å². The normalized spacial score (nSPS) is 13.5. The Bertz CT molecular complexity index is 2670. The lowest BCUT2D eigenvalue weighted by Gasteiger charge is -2.28. The molecule has 0 saturated carbocycles. The maximum absolute atomic E-state index is 14.1. The molecular weight excluding hydrogens is 1230 g/mol. The van der Waals surface area contributed by atoms with Gasteiger partial charge >= 0.3 is 0 Å². The van der Waals surface area contributed by atoms with Crippen molar-refractivity contribution in [2.24, 2.45) is 0 Å². The van der Waals surface area contributed by atoms with E-state index in [-0.39, 0.29) is 71.7 Å². The Morgan fingerprint density at radius 3 is 0.587 bits per heavy atom. The standard InChI is InChI=1S/C72H112N8O8S4/c1-69(2,3)49-37-53-65(85-45-61(81)73-29-25-33-77(13,14)15)54(38-49)90-56-40-51(71(7,8)9)42-58(67(56)87-47-63(83)75-31-27-35-79(19,20)21)92-60-44-52(72(10,11)12)43-59(68(60)88-48-64(84)76-32-28-36-80(22,23)24)91-57-41-50(70(4,5)6)39-55(89-53)66(57)86-46-62(82)74-30-26-34-78(16,17)18/h37-44H,25-36,45-48H2,1-24H3/p+4. The van der Waals surface area contributed by atoms with Gasteiger partial charge in [0.05, 0.1) is 150 Å². The van der Waals surface area contributed by atoms with E-state index in [4.69, 9.17) is 18.9 Å². The molecule has 0 fully saturated rings. The number of rotatable bonds is 28. The average Bonchev–Trinajstić information content (AvgIpc) is 0.771. The van der Waals surface area contributed by atoms with E-state index < -0.39 is 0 Å². The zero-order chi connectivity index (χ0) is 69.0. The molecular formula is C72H116N8O8S4+4. The molecule has 4 aromatic carbocycles. The summed E-state index contributed by atoms with van der Waals surface area (Å²) < 4.78 is 31.0. The molecule has 8 bridgehead atoms. The second-order valence-corrected chi connectivity index (χ2v) is 37.0. The van der Waals surface area contributed by atoms with Gasteiger partial charge in [0, 0.05) is 51.9 Å². The van der Waals surface area contributed by atoms with Crippen LogP contribution >= 0.6 is 47.0 Å². The van der Waals surface area contributed by atoms with E-state index in [9.17, 15) is 19.2 Å². The molecule has 512 valence electrons. The first-order valence-electron chi connectivity index (χ1n) is 32.5. The summed E-state index contributed by atoms with van der Waals surface area (Å²) in [4.78, 5) is 62.1. The summed E-state index contributed by atoms with van der Waals surface area (Å²) >= 11 is 5.89. The summed E-state index contributed by atoms with van der Waals surface area (Å²) in [7, 11) is 25.7. The fourth-order valence-electron chi connectivity index (χ4n) is 9.57. The smallest absolute Gasteiger partial charge is 0.257 e. The van der Waals surface area contributed by atoms with Crippen LogP contribution in [0.15, 0.2) is 87.7 Å². The fourth-order valence-corrected chi connectivity index (χ4v) is 14.4. The minimum Gasteiger partial charge on any atom is -0.481 e. The van der Waals surface area contributed by atoms with E-state index in [1.54, 1.807) is 0 Å². The van der Waals surface area contributed by atoms with Gasteiger partial charge < -0.3 is 58.1 Å². The number of fused-ring (bicyclic) bond motifs is 8. The van der Waals surface area contributed by atoms with Crippen molar-refractivity contribution >= 4 is 70.7 Å². The fraction of sp³-hybridized carbons (Fsp3) is 0.611. The predicted molar refractivity (Wildman–Crippen MR) is 381 cm³/mol. The second-order valence-electron chi connectivity index (χ2n) is 32.6. The van der Waals surface area contributed by atoms with Gasteiger partial charge in [0.2, 0.25) is 0 Å². The first-order chi connectivity index (χ1) is 42.2. The summed E-state index contributed by atoms with van der Waals surface area (Å²) in [5, 5.41) is 12.5. The molecule has 4 N–H and O–H groups in total. The highest BCUT2D eigenvalue weighted by Gasteiger charge is 2.32. The minimum atomic E-state index is -0.380. The molecule has 92 heavy (non-hydrogen) atoms. The average molecular weight is 1350 g/mol. The van der Waals surface area contributed by atoms with Crippen LogP contribution in [0.5, 0.6) is 23.0 Å². The van der Waals surface area contributed by atoms with Crippen LogP contribution in [0.2, 0.25) is 0 Å². The van der Waals surface area contributed by atoms with Gasteiger partial charge in [-0.3, -0.25) is 19.2 Å². The number of carbonyl (C=O) groups excluding carboxylic acids is 4. The Labute approximate surface area is 571 Å². The van der Waals surface area contributed by atoms with Crippen LogP contribution in [-0.2, 0) is 40.8 Å². The van der Waals surface area contributed by atoms with Crippen molar-refractivity contribution in [3.63, 3.8) is 0 Å². The highest BCUT2D eigenvalue weighted by atomic mass is 32.2. The summed E-state index contributed by atoms with van der Waals surface area (Å²) in [5.41, 5.74) is 2.53. The third-order valence-corrected chi connectivity index (χ3v) is 19.3. The van der Waals surface area contributed by atoms with Gasteiger partial charge in [0.25, 0.3) is 23.6 Å². The third-order valence-electron chi connectivity index (χ3n) is 15.1. The lowest BCUT2D eigenvalue weighted by Crippen LogP contribution is -2.38. The first-order valence-corrected chi connectivity index (χ1v) is 35.8. The Hall–Kier alpha value is -4.80. The van der Waals surface area contributed by atoms with Crippen LogP contribution in [0.4, 0.5) is 0 Å². The number of benzene rings is 4. The van der Waals surface area contributed by atoms with Crippen LogP contribution in [0.1, 0.15) is 131 Å². The number of quaternary nitrogens is 4. The molecule has 4 amide bonds. The molecule has 0 unspecified atom stereocenters. The molecule has 0 aliphatic carbocycles. The lowest BCUT2D eigenvalue weighted by atomic mass is 9.87. The summed E-state index contributed by atoms with van der Waals surface area (Å²) in [6, 6.07) is 17.2. The van der Waals surface area contributed by atoms with E-state index in [0.717, 1.165) is 131 Å². The number of nitrogens with zero attached hydrogens (tertiary/aromatic N) is 4. The Morgan fingerprint density at radius 1 is 0.304 bits per heavy atom. The number of carbonyl (C=O) groups is 4. The number of ether oxygens (including phenoxy) is 4. The number of hydrogen-bond donors (Lipinski definition) is 4. The molecule has 1 aliphatic rings. The lowest BCUT2D eigenvalue weighted by molar-refractivity contribution is -0.870. The summed E-state index contributed by atoms with van der Waals surface area (Å²) in [6.07, 6.45) is 3.18. The molecule has 0 saturated heterocycles. The maximum atomic E-state index is 14.1. The molecule has 0 radical (unpaired) electrons. The van der Waals surface area contributed by atoms with Crippen molar-refractivity contribution < 1.29 is 56.1 Å². The quantitative estimate of drug-likeness (QED) is 0.0278. The summed E-state index contributed by atoms with van der Waals surface area (Å²) in [5.74, 6) is 0.952. The zero-order valence-electron chi connectivity index (χ0n) is 60.6. The van der Waals surface area contributed by atoms with Gasteiger partial charge in [-0.2, -0.15) is 0 Å². The van der Waals surface area contributed by atoms with E-state index in [0.29, 0.717) is 49.2 Å². The molecule has 4 aromatic rings. The SMILES string of the molecule is CC(C)(C)c1cc2c(OCC(=O)NCCC[N+](C)(C)C)c(c1)Sc1cc(C(C)(C)C)cc(c1OCC(=O)NCCC[N+](C)(C)C)Sc1cc(C(C)(C)C)cc(c1OCC(=O)NCCC[N+](C)(C)C)Sc1cc(C(C)(C)C)cc(c1OCC(=O)NCCC[N+](C)(C)C)S2. The van der Waals surface area contributed by atoms with E-state index in [1.165, 1.54) is 47.0 Å². The third kappa shape index (κ3) is 26.4. The van der Waals surface area contributed by atoms with Crippen molar-refractivity contribution in [2.75, 3.05) is 163 Å². The van der Waals surface area contributed by atoms with Gasteiger partial charge in [0.1, 0.15) is 23.0 Å². The minimum absolute atomic E-state index is 0.249. The van der Waals surface area contributed by atoms with Crippen molar-refractivity contribution in [2.45, 2.75) is 170 Å². The predicted octanol–water partition coefficient (Wildman–Crippen LogP) is 12.2. The van der Waals surface area contributed by atoms with Crippen LogP contribution in [0.3, 0.4) is 0 Å². The zero-order valence-corrected chi connectivity index (χ0v) is 63.9. The Morgan fingerprint density at radius 2 is 0.457 bits per heavy atom. The van der Waals surface area contributed by atoms with Crippen LogP contribution < -0.4 is 40.2 Å². The van der Waals surface area contributed by atoms with Crippen LogP contribution in [-0.4, -0.2) is 205 Å². The van der Waals surface area contributed by atoms with Crippen LogP contribution in [0, 0.1) is 0 Å². The van der Waals surface area contributed by atoms with Gasteiger partial charge in [-0.15, -0.1) is 0 Å². The Kier molecular flexibility index (Phi) is 27.3. The number of amides is 4. The summed E-state index contributed by atoms with van der Waals surface area (Å²) in [6.45, 7) is 30.7. The van der Waals surface area contributed by atoms with E-state index in [1.807, 2.05) is 0 Å². The number of hydrogen-bond acceptors (Lipinski definition) is 12. The van der Waals surface area contributed by atoms with Crippen LogP contribution in [0.25, 0.3) is 0 Å². The van der Waals surface area contributed by atoms with E-state index in [2.05, 4.69) is 237 Å². The van der Waals surface area contributed by atoms with Crippen molar-refractivity contribution in [3.05, 3.63) is 70.8 Å². The Balaban J connectivity index is 1.93. The molecule has 16 nitrogen and oxygen atoms in total. The van der Waals surface area contributed by atoms with Crippen molar-refractivity contribution in [3.8, 4) is 23.0 Å². The monoisotopic (exact) mass is 1350 g/mol. The first kappa shape index (κ1) is 77.9. The second kappa shape index (κ2) is 32.3. The van der Waals surface area contributed by atoms with Gasteiger partial charge in [-0.05, 0) is 92.4 Å². The topological polar surface area (TPSA) is 153 Å². The molecule has 0 spiro atoms. The number of nitrogens with one attached hydrogen (secondary N) is 4. The largest absolute Gasteiger partial charge is 0.481 e. The molecule has 0 aromatic heterocycles. The molecule has 1 aliphatic heterocycles. The van der Waals surface area contributed by atoms with E-state index >= 15 is 0 Å². The van der Waals surface area contributed by atoms with Crippen molar-refractivity contribution in [1.82, 2.24) is 21.3 Å². The maximum Gasteiger partial charge on any atom is 0.257 e. The van der Waals surface area contributed by atoms with Gasteiger partial charge in [-0.1, -0.05) is 130 Å². The molecule has 0 atom stereocenters. The molecule has 5 rings (SSSR count). The highest BCUT2D eigenvalue weighted by molar-refractivity contribution is 8.01.